The number of carbonyl (C=O) groups is 1. The molecule has 106 valence electrons. The molecule has 2 unspecified atom stereocenters. The highest BCUT2D eigenvalue weighted by atomic mass is 16.5. The van der Waals surface area contributed by atoms with Crippen LogP contribution in [0.1, 0.15) is 37.7 Å². The van der Waals surface area contributed by atoms with Gasteiger partial charge in [0.1, 0.15) is 11.5 Å². The molecular formula is C17H21NO2. The van der Waals surface area contributed by atoms with Gasteiger partial charge in [0.2, 0.25) is 0 Å². The second-order valence-corrected chi connectivity index (χ2v) is 5.21. The summed E-state index contributed by atoms with van der Waals surface area (Å²) in [5.74, 6) is 0.440. The third-order valence-electron chi connectivity index (χ3n) is 3.62. The zero-order chi connectivity index (χ0) is 14.5. The van der Waals surface area contributed by atoms with Crippen LogP contribution in [0.15, 0.2) is 36.9 Å². The molecule has 1 aliphatic carbocycles. The number of nitrogens with one attached hydrogen (secondary N) is 1. The summed E-state index contributed by atoms with van der Waals surface area (Å²) in [6.45, 7) is 6.41. The van der Waals surface area contributed by atoms with E-state index in [1.165, 1.54) is 0 Å². The van der Waals surface area contributed by atoms with E-state index in [9.17, 15) is 4.79 Å². The van der Waals surface area contributed by atoms with Crippen molar-refractivity contribution in [1.82, 2.24) is 0 Å². The molecule has 1 N–H and O–H groups in total. The molecule has 0 amide bonds. The molecule has 2 rings (SSSR count). The summed E-state index contributed by atoms with van der Waals surface area (Å²) in [6, 6.07) is 7.58. The van der Waals surface area contributed by atoms with Crippen LogP contribution in [-0.2, 0) is 4.79 Å². The molecule has 3 nitrogen and oxygen atoms in total. The molecule has 1 aromatic carbocycles. The maximum atomic E-state index is 12.4. The predicted octanol–water partition coefficient (Wildman–Crippen LogP) is 3.74. The second kappa shape index (κ2) is 6.51. The largest absolute Gasteiger partial charge is 0.494 e. The van der Waals surface area contributed by atoms with Crippen molar-refractivity contribution >= 4 is 11.5 Å². The molecule has 1 aliphatic rings. The first kappa shape index (κ1) is 14.5. The van der Waals surface area contributed by atoms with Crippen molar-refractivity contribution in [1.29, 1.82) is 5.41 Å². The van der Waals surface area contributed by atoms with E-state index in [-0.39, 0.29) is 11.7 Å². The fourth-order valence-electron chi connectivity index (χ4n) is 2.66. The monoisotopic (exact) mass is 271 g/mol. The maximum Gasteiger partial charge on any atom is 0.149 e. The average molecular weight is 271 g/mol. The summed E-state index contributed by atoms with van der Waals surface area (Å²) in [4.78, 5) is 12.4. The van der Waals surface area contributed by atoms with E-state index < -0.39 is 5.92 Å². The van der Waals surface area contributed by atoms with Crippen LogP contribution in [0.2, 0.25) is 0 Å². The van der Waals surface area contributed by atoms with Gasteiger partial charge in [-0.15, -0.1) is 6.58 Å². The van der Waals surface area contributed by atoms with Crippen molar-refractivity contribution in [2.24, 2.45) is 5.92 Å². The summed E-state index contributed by atoms with van der Waals surface area (Å²) in [7, 11) is 0. The molecule has 0 saturated heterocycles. The molecule has 1 fully saturated rings. The number of hydrogen-bond acceptors (Lipinski definition) is 3. The molecule has 0 aliphatic heterocycles. The van der Waals surface area contributed by atoms with Gasteiger partial charge in [0.05, 0.1) is 12.5 Å². The number of hydrogen-bond donors (Lipinski definition) is 1. The predicted molar refractivity (Wildman–Crippen MR) is 80.6 cm³/mol. The summed E-state index contributed by atoms with van der Waals surface area (Å²) in [6.07, 6.45) is 3.92. The minimum absolute atomic E-state index is 0.0785. The van der Waals surface area contributed by atoms with E-state index in [4.69, 9.17) is 10.1 Å². The number of allylic oxidation sites excluding steroid dienone is 1. The molecule has 0 spiro atoms. The van der Waals surface area contributed by atoms with Crippen LogP contribution in [0.3, 0.4) is 0 Å². The van der Waals surface area contributed by atoms with Crippen LogP contribution in [0.25, 0.3) is 0 Å². The molecule has 0 heterocycles. The van der Waals surface area contributed by atoms with E-state index in [0.717, 1.165) is 17.7 Å². The Labute approximate surface area is 120 Å². The smallest absolute Gasteiger partial charge is 0.149 e. The fraction of sp³-hybridized carbons (Fsp3) is 0.412. The molecule has 2 atom stereocenters. The minimum Gasteiger partial charge on any atom is -0.494 e. The van der Waals surface area contributed by atoms with Gasteiger partial charge < -0.3 is 10.1 Å². The first-order chi connectivity index (χ1) is 9.67. The molecule has 0 aromatic heterocycles. The Morgan fingerprint density at radius 3 is 3.00 bits per heavy atom. The van der Waals surface area contributed by atoms with E-state index in [1.807, 2.05) is 24.3 Å². The van der Waals surface area contributed by atoms with Crippen molar-refractivity contribution in [3.63, 3.8) is 0 Å². The fourth-order valence-corrected chi connectivity index (χ4v) is 2.66. The van der Waals surface area contributed by atoms with Gasteiger partial charge in [0.15, 0.2) is 0 Å². The Morgan fingerprint density at radius 1 is 1.50 bits per heavy atom. The number of rotatable bonds is 6. The Kier molecular flexibility index (Phi) is 4.72. The van der Waals surface area contributed by atoms with E-state index in [0.29, 0.717) is 25.2 Å². The molecular weight excluding hydrogens is 250 g/mol. The van der Waals surface area contributed by atoms with Gasteiger partial charge in [0, 0.05) is 11.6 Å². The molecule has 3 heteroatoms. The Hall–Kier alpha value is -1.90. The maximum absolute atomic E-state index is 12.4. The third-order valence-corrected chi connectivity index (χ3v) is 3.62. The van der Waals surface area contributed by atoms with E-state index >= 15 is 0 Å². The standard InChI is InChI=1S/C17H21NO2/c1-3-6-13-11-15(18)16(17(13)19)12-7-5-8-14(10-12)20-9-4-2/h3,5,7-8,10,13,16,18H,1,4,6,9,11H2,2H3. The SMILES string of the molecule is C=CCC1CC(=N)C(c2cccc(OCCC)c2)C1=O. The Morgan fingerprint density at radius 2 is 2.30 bits per heavy atom. The van der Waals surface area contributed by atoms with Gasteiger partial charge >= 0.3 is 0 Å². The number of Topliss-reactive ketones (excluding diaryl/α,β-unsaturated/α-hetero) is 1. The van der Waals surface area contributed by atoms with Gasteiger partial charge in [-0.1, -0.05) is 25.1 Å². The Balaban J connectivity index is 2.20. The van der Waals surface area contributed by atoms with Crippen molar-refractivity contribution in [3.8, 4) is 5.75 Å². The molecule has 1 aromatic rings. The molecule has 20 heavy (non-hydrogen) atoms. The second-order valence-electron chi connectivity index (χ2n) is 5.21. The number of benzene rings is 1. The van der Waals surface area contributed by atoms with Crippen LogP contribution in [0.5, 0.6) is 5.75 Å². The van der Waals surface area contributed by atoms with Gasteiger partial charge in [-0.3, -0.25) is 4.79 Å². The zero-order valence-electron chi connectivity index (χ0n) is 11.9. The third kappa shape index (κ3) is 2.98. The highest BCUT2D eigenvalue weighted by Gasteiger charge is 2.38. The summed E-state index contributed by atoms with van der Waals surface area (Å²) >= 11 is 0. The average Bonchev–Trinajstić information content (AvgIpc) is 2.72. The number of carbonyl (C=O) groups excluding carboxylic acids is 1. The number of ketones is 1. The first-order valence-corrected chi connectivity index (χ1v) is 7.12. The summed E-state index contributed by atoms with van der Waals surface area (Å²) in [5.41, 5.74) is 1.38. The molecule has 1 saturated carbocycles. The summed E-state index contributed by atoms with van der Waals surface area (Å²) < 4.78 is 5.60. The zero-order valence-corrected chi connectivity index (χ0v) is 11.9. The normalized spacial score (nSPS) is 22.1. The van der Waals surface area contributed by atoms with Crippen molar-refractivity contribution < 1.29 is 9.53 Å². The topological polar surface area (TPSA) is 50.1 Å². The lowest BCUT2D eigenvalue weighted by Crippen LogP contribution is -2.14. The molecule has 0 bridgehead atoms. The highest BCUT2D eigenvalue weighted by molar-refractivity contribution is 6.15. The van der Waals surface area contributed by atoms with E-state index in [1.54, 1.807) is 6.08 Å². The first-order valence-electron chi connectivity index (χ1n) is 7.12. The van der Waals surface area contributed by atoms with Crippen molar-refractivity contribution in [2.75, 3.05) is 6.61 Å². The lowest BCUT2D eigenvalue weighted by atomic mass is 9.93. The van der Waals surface area contributed by atoms with Crippen LogP contribution < -0.4 is 4.74 Å². The van der Waals surface area contributed by atoms with Gasteiger partial charge in [0.25, 0.3) is 0 Å². The lowest BCUT2D eigenvalue weighted by molar-refractivity contribution is -0.121. The number of ether oxygens (including phenoxy) is 1. The van der Waals surface area contributed by atoms with Gasteiger partial charge in [-0.2, -0.15) is 0 Å². The Bertz CT molecular complexity index is 521. The minimum atomic E-state index is -0.398. The lowest BCUT2D eigenvalue weighted by Gasteiger charge is -2.12. The van der Waals surface area contributed by atoms with Gasteiger partial charge in [-0.25, -0.2) is 0 Å². The molecule has 0 radical (unpaired) electrons. The highest BCUT2D eigenvalue weighted by Crippen LogP contribution is 2.35. The van der Waals surface area contributed by atoms with Crippen LogP contribution in [-0.4, -0.2) is 18.1 Å². The van der Waals surface area contributed by atoms with Crippen LogP contribution in [0, 0.1) is 11.3 Å². The van der Waals surface area contributed by atoms with Crippen LogP contribution in [0.4, 0.5) is 0 Å². The van der Waals surface area contributed by atoms with Crippen molar-refractivity contribution in [3.05, 3.63) is 42.5 Å². The quantitative estimate of drug-likeness (QED) is 0.801. The summed E-state index contributed by atoms with van der Waals surface area (Å²) in [5, 5.41) is 8.10. The van der Waals surface area contributed by atoms with E-state index in [2.05, 4.69) is 13.5 Å². The van der Waals surface area contributed by atoms with Crippen molar-refractivity contribution in [2.45, 2.75) is 32.1 Å². The van der Waals surface area contributed by atoms with Gasteiger partial charge in [-0.05, 0) is 37.0 Å². The van der Waals surface area contributed by atoms with Crippen LogP contribution >= 0.6 is 0 Å².